The summed E-state index contributed by atoms with van der Waals surface area (Å²) in [5.74, 6) is 0.503. The third-order valence-corrected chi connectivity index (χ3v) is 7.49. The Morgan fingerprint density at radius 3 is 2.18 bits per heavy atom. The molecule has 1 saturated carbocycles. The topological polar surface area (TPSA) is 49.6 Å². The minimum atomic E-state index is -0.343. The van der Waals surface area contributed by atoms with Gasteiger partial charge in [-0.25, -0.2) is 0 Å². The maximum atomic E-state index is 13.4. The van der Waals surface area contributed by atoms with Gasteiger partial charge in [0.05, 0.1) is 25.3 Å². The Morgan fingerprint density at radius 1 is 0.970 bits per heavy atom. The monoisotopic (exact) mass is 446 g/mol. The molecule has 2 N–H and O–H groups in total. The lowest BCUT2D eigenvalue weighted by molar-refractivity contribution is -0.135. The fraction of sp³-hybridized carbons (Fsp3) is 0.517. The zero-order valence-electron chi connectivity index (χ0n) is 19.9. The smallest absolute Gasteiger partial charge is 0.240 e. The van der Waals surface area contributed by atoms with Crippen molar-refractivity contribution in [3.05, 3.63) is 78.2 Å². The van der Waals surface area contributed by atoms with Gasteiger partial charge in [-0.15, -0.1) is 0 Å². The first kappa shape index (κ1) is 23.8. The fourth-order valence-electron chi connectivity index (χ4n) is 5.47. The summed E-state index contributed by atoms with van der Waals surface area (Å²) in [5.41, 5.74) is 9.25. The van der Waals surface area contributed by atoms with E-state index in [1.165, 1.54) is 24.0 Å². The number of nitrogens with zero attached hydrogens (tertiary/aromatic N) is 2. The van der Waals surface area contributed by atoms with Crippen molar-refractivity contribution in [3.8, 4) is 0 Å². The molecule has 2 fully saturated rings. The van der Waals surface area contributed by atoms with Gasteiger partial charge in [-0.2, -0.15) is 0 Å². The van der Waals surface area contributed by atoms with Crippen LogP contribution in [0.3, 0.4) is 0 Å². The number of carbonyl (C=O) groups excluding carboxylic acids is 1. The van der Waals surface area contributed by atoms with E-state index in [0.29, 0.717) is 5.92 Å². The lowest BCUT2D eigenvalue weighted by Gasteiger charge is -2.34. The second-order valence-corrected chi connectivity index (χ2v) is 9.84. The highest BCUT2D eigenvalue weighted by molar-refractivity contribution is 5.82. The van der Waals surface area contributed by atoms with Gasteiger partial charge >= 0.3 is 0 Å². The van der Waals surface area contributed by atoms with Crippen LogP contribution in [0.15, 0.2) is 60.7 Å². The molecule has 2 aromatic rings. The van der Waals surface area contributed by atoms with Gasteiger partial charge in [-0.05, 0) is 49.7 Å². The van der Waals surface area contributed by atoms with E-state index in [0.717, 1.165) is 64.7 Å². The number of amides is 1. The molecule has 1 amide bonds. The molecule has 176 valence electrons. The highest BCUT2D eigenvalue weighted by Gasteiger charge is 2.37. The Morgan fingerprint density at radius 2 is 1.61 bits per heavy atom. The van der Waals surface area contributed by atoms with E-state index in [1.807, 2.05) is 0 Å². The van der Waals surface area contributed by atoms with E-state index >= 15 is 0 Å². The molecular weight excluding hydrogens is 406 g/mol. The maximum absolute atomic E-state index is 13.4. The lowest BCUT2D eigenvalue weighted by Crippen LogP contribution is -2.52. The van der Waals surface area contributed by atoms with E-state index in [-0.39, 0.29) is 18.0 Å². The van der Waals surface area contributed by atoms with Gasteiger partial charge in [0.25, 0.3) is 0 Å². The van der Waals surface area contributed by atoms with Crippen molar-refractivity contribution < 1.29 is 4.79 Å². The summed E-state index contributed by atoms with van der Waals surface area (Å²) >= 11 is 0. The molecule has 33 heavy (non-hydrogen) atoms. The average Bonchev–Trinajstić information content (AvgIpc) is 3.34. The molecule has 0 spiro atoms. The lowest BCUT2D eigenvalue weighted by atomic mass is 9.83. The molecule has 4 rings (SSSR count). The van der Waals surface area contributed by atoms with Gasteiger partial charge in [-0.1, -0.05) is 60.7 Å². The first-order chi connectivity index (χ1) is 16.2. The molecule has 4 heteroatoms. The number of rotatable bonds is 10. The van der Waals surface area contributed by atoms with E-state index in [1.54, 1.807) is 0 Å². The highest BCUT2D eigenvalue weighted by Crippen LogP contribution is 2.28. The summed E-state index contributed by atoms with van der Waals surface area (Å²) in [6, 6.07) is 21.4. The maximum Gasteiger partial charge on any atom is 0.240 e. The quantitative estimate of drug-likeness (QED) is 0.547. The normalized spacial score (nSPS) is 21.7. The van der Waals surface area contributed by atoms with Crippen molar-refractivity contribution in [2.24, 2.45) is 11.7 Å². The van der Waals surface area contributed by atoms with E-state index in [4.69, 9.17) is 5.73 Å². The van der Waals surface area contributed by atoms with Crippen LogP contribution in [0.1, 0.15) is 49.7 Å². The van der Waals surface area contributed by atoms with E-state index < -0.39 is 0 Å². The predicted molar refractivity (Wildman–Crippen MR) is 136 cm³/mol. The average molecular weight is 447 g/mol. The van der Waals surface area contributed by atoms with E-state index in [9.17, 15) is 4.79 Å². The minimum absolute atomic E-state index is 0.184. The molecule has 2 aromatic carbocycles. The number of nitrogens with two attached hydrogens (primary N) is 1. The predicted octanol–water partition coefficient (Wildman–Crippen LogP) is 4.49. The number of hydrogen-bond acceptors (Lipinski definition) is 3. The SMILES string of the molecule is N[C@H](C(=O)N1CCC[C@H]1CN(CCc1ccccc1)CCc1ccccc1)C1C[CH+]CCC1. The minimum Gasteiger partial charge on any atom is -0.337 e. The molecule has 1 heterocycles. The summed E-state index contributed by atoms with van der Waals surface area (Å²) < 4.78 is 0. The Hall–Kier alpha value is -2.30. The van der Waals surface area contributed by atoms with Crippen LogP contribution in [0.5, 0.6) is 0 Å². The van der Waals surface area contributed by atoms with Crippen molar-refractivity contribution in [2.45, 2.75) is 63.5 Å². The summed E-state index contributed by atoms with van der Waals surface area (Å²) in [4.78, 5) is 18.1. The second-order valence-electron chi connectivity index (χ2n) is 9.84. The van der Waals surface area contributed by atoms with Crippen LogP contribution in [-0.2, 0) is 17.6 Å². The number of carbonyl (C=O) groups is 1. The van der Waals surface area contributed by atoms with Gasteiger partial charge in [0.15, 0.2) is 0 Å². The number of hydrogen-bond donors (Lipinski definition) is 1. The Balaban J connectivity index is 1.38. The Labute approximate surface area is 200 Å². The summed E-state index contributed by atoms with van der Waals surface area (Å²) in [6.07, 6.45) is 11.0. The van der Waals surface area contributed by atoms with Crippen LogP contribution in [0.25, 0.3) is 0 Å². The molecular formula is C29H40N3O+. The summed E-state index contributed by atoms with van der Waals surface area (Å²) in [5, 5.41) is 0. The van der Waals surface area contributed by atoms with Gasteiger partial charge in [0.1, 0.15) is 0 Å². The van der Waals surface area contributed by atoms with Crippen LogP contribution in [0, 0.1) is 12.3 Å². The summed E-state index contributed by atoms with van der Waals surface area (Å²) in [6.45, 7) is 3.83. The van der Waals surface area contributed by atoms with Crippen molar-refractivity contribution in [1.29, 1.82) is 0 Å². The number of likely N-dealkylation sites (tertiary alicyclic amines) is 1. The standard InChI is InChI=1S/C29H40N3O/c30-28(26-15-8-3-9-16-26)29(33)32-20-10-17-27(32)23-31(21-18-24-11-4-1-5-12-24)22-19-25-13-6-2-7-14-25/h1-2,4-8,11-14,26-28H,3,9-10,15-23,30H2/q+1/t26?,27-,28-/m0/s1. The van der Waals surface area contributed by atoms with Gasteiger partial charge in [0.2, 0.25) is 5.91 Å². The van der Waals surface area contributed by atoms with Gasteiger partial charge < -0.3 is 15.5 Å². The molecule has 2 aliphatic rings. The molecule has 1 aliphatic heterocycles. The van der Waals surface area contributed by atoms with Gasteiger partial charge in [-0.3, -0.25) is 4.79 Å². The molecule has 1 aliphatic carbocycles. The van der Waals surface area contributed by atoms with Crippen LogP contribution < -0.4 is 5.73 Å². The Kier molecular flexibility index (Phi) is 8.85. The van der Waals surface area contributed by atoms with Crippen LogP contribution >= 0.6 is 0 Å². The number of benzene rings is 2. The Bertz CT molecular complexity index is 791. The first-order valence-electron chi connectivity index (χ1n) is 12.9. The van der Waals surface area contributed by atoms with Crippen molar-refractivity contribution in [3.63, 3.8) is 0 Å². The zero-order valence-corrected chi connectivity index (χ0v) is 19.9. The highest BCUT2D eigenvalue weighted by atomic mass is 16.2. The van der Waals surface area contributed by atoms with Crippen molar-refractivity contribution in [2.75, 3.05) is 26.2 Å². The molecule has 3 atom stereocenters. The first-order valence-corrected chi connectivity index (χ1v) is 12.9. The molecule has 0 bridgehead atoms. The largest absolute Gasteiger partial charge is 0.337 e. The second kappa shape index (κ2) is 12.2. The molecule has 4 nitrogen and oxygen atoms in total. The zero-order chi connectivity index (χ0) is 22.9. The molecule has 1 unspecified atom stereocenters. The van der Waals surface area contributed by atoms with Crippen LogP contribution in [0.2, 0.25) is 0 Å². The fourth-order valence-corrected chi connectivity index (χ4v) is 5.47. The summed E-state index contributed by atoms with van der Waals surface area (Å²) in [7, 11) is 0. The third-order valence-electron chi connectivity index (χ3n) is 7.49. The van der Waals surface area contributed by atoms with Crippen molar-refractivity contribution in [1.82, 2.24) is 9.80 Å². The third kappa shape index (κ3) is 6.84. The van der Waals surface area contributed by atoms with Crippen LogP contribution in [0.4, 0.5) is 0 Å². The molecule has 0 aromatic heterocycles. The molecule has 1 saturated heterocycles. The molecule has 0 radical (unpaired) electrons. The van der Waals surface area contributed by atoms with Gasteiger partial charge in [0, 0.05) is 38.1 Å². The van der Waals surface area contributed by atoms with Crippen molar-refractivity contribution >= 4 is 5.91 Å². The van der Waals surface area contributed by atoms with Crippen LogP contribution in [-0.4, -0.2) is 54.0 Å². The van der Waals surface area contributed by atoms with E-state index in [2.05, 4.69) is 76.9 Å².